The number of nitrogens with zero attached hydrogens (tertiary/aromatic N) is 5. The molecule has 2 atom stereocenters. The van der Waals surface area contributed by atoms with Crippen LogP contribution in [-0.2, 0) is 24.9 Å². The summed E-state index contributed by atoms with van der Waals surface area (Å²) in [5.74, 6) is -2.00. The Kier molecular flexibility index (Phi) is 7.54. The van der Waals surface area contributed by atoms with Crippen molar-refractivity contribution in [1.29, 1.82) is 0 Å². The highest BCUT2D eigenvalue weighted by molar-refractivity contribution is 5.60. The summed E-state index contributed by atoms with van der Waals surface area (Å²) in [6.45, 7) is 1.27. The van der Waals surface area contributed by atoms with E-state index in [9.17, 15) is 27.1 Å². The Morgan fingerprint density at radius 3 is 2.46 bits per heavy atom. The lowest BCUT2D eigenvalue weighted by atomic mass is 9.80. The number of halogens is 5. The summed E-state index contributed by atoms with van der Waals surface area (Å²) in [4.78, 5) is 0. The van der Waals surface area contributed by atoms with Crippen molar-refractivity contribution in [2.45, 2.75) is 37.8 Å². The lowest BCUT2D eigenvalue weighted by molar-refractivity contribution is -0.137. The molecule has 3 aromatic carbocycles. The van der Waals surface area contributed by atoms with Gasteiger partial charge in [0.15, 0.2) is 0 Å². The molecule has 0 saturated carbocycles. The van der Waals surface area contributed by atoms with E-state index in [0.29, 0.717) is 28.6 Å². The first-order chi connectivity index (χ1) is 19.5. The second kappa shape index (κ2) is 11.1. The number of alkyl halides is 3. The summed E-state index contributed by atoms with van der Waals surface area (Å²) in [5, 5.41) is 26.6. The quantitative estimate of drug-likeness (QED) is 0.220. The number of aromatic nitrogens is 5. The minimum Gasteiger partial charge on any atom is -0.489 e. The SMILES string of the molecule is C[C@@H](c1cc(-c2ccc(OCc3cccc(C(F)(F)F)c3)cc2)no1)[C@](O)(Cn1cnnn1)c1ccc(F)cc1F. The summed E-state index contributed by atoms with van der Waals surface area (Å²) in [6.07, 6.45) is -3.19. The molecule has 13 heteroatoms. The third-order valence-corrected chi connectivity index (χ3v) is 6.67. The molecule has 2 aromatic heterocycles. The summed E-state index contributed by atoms with van der Waals surface area (Å²) < 4.78 is 79.7. The topological polar surface area (TPSA) is 99.1 Å². The first-order valence-corrected chi connectivity index (χ1v) is 12.3. The zero-order chi connectivity index (χ0) is 29.2. The molecule has 0 saturated heterocycles. The van der Waals surface area contributed by atoms with E-state index in [0.717, 1.165) is 24.3 Å². The van der Waals surface area contributed by atoms with Gasteiger partial charge in [0.2, 0.25) is 0 Å². The molecule has 0 aliphatic rings. The van der Waals surface area contributed by atoms with Crippen LogP contribution in [0.3, 0.4) is 0 Å². The third-order valence-electron chi connectivity index (χ3n) is 6.67. The molecule has 0 spiro atoms. The van der Waals surface area contributed by atoms with Crippen molar-refractivity contribution in [3.63, 3.8) is 0 Å². The van der Waals surface area contributed by atoms with Crippen LogP contribution in [0.15, 0.2) is 83.6 Å². The fourth-order valence-corrected chi connectivity index (χ4v) is 4.39. The fraction of sp³-hybridized carbons (Fsp3) is 0.214. The van der Waals surface area contributed by atoms with Gasteiger partial charge in [-0.25, -0.2) is 13.5 Å². The molecule has 0 fully saturated rings. The van der Waals surface area contributed by atoms with E-state index in [-0.39, 0.29) is 24.5 Å². The molecule has 0 amide bonds. The maximum atomic E-state index is 14.8. The monoisotopic (exact) mass is 571 g/mol. The minimum atomic E-state index is -4.44. The van der Waals surface area contributed by atoms with Crippen LogP contribution < -0.4 is 4.74 Å². The Hall–Kier alpha value is -4.65. The van der Waals surface area contributed by atoms with Gasteiger partial charge in [0.1, 0.15) is 47.4 Å². The van der Waals surface area contributed by atoms with Crippen LogP contribution in [-0.4, -0.2) is 30.5 Å². The van der Waals surface area contributed by atoms with Gasteiger partial charge in [0, 0.05) is 23.3 Å². The molecule has 0 aliphatic carbocycles. The molecule has 41 heavy (non-hydrogen) atoms. The van der Waals surface area contributed by atoms with Crippen LogP contribution in [0.2, 0.25) is 0 Å². The number of tetrazole rings is 1. The van der Waals surface area contributed by atoms with Crippen LogP contribution in [0.25, 0.3) is 11.3 Å². The van der Waals surface area contributed by atoms with Crippen LogP contribution in [0, 0.1) is 11.6 Å². The van der Waals surface area contributed by atoms with Gasteiger partial charge in [-0.05, 0) is 58.5 Å². The van der Waals surface area contributed by atoms with Crippen molar-refractivity contribution in [1.82, 2.24) is 25.4 Å². The average Bonchev–Trinajstić information content (AvgIpc) is 3.64. The van der Waals surface area contributed by atoms with E-state index < -0.39 is 34.9 Å². The van der Waals surface area contributed by atoms with Crippen LogP contribution >= 0.6 is 0 Å². The van der Waals surface area contributed by atoms with E-state index in [4.69, 9.17) is 9.26 Å². The number of rotatable bonds is 9. The third kappa shape index (κ3) is 6.09. The van der Waals surface area contributed by atoms with Gasteiger partial charge in [-0.15, -0.1) is 5.10 Å². The second-order valence-corrected chi connectivity index (χ2v) is 9.40. The zero-order valence-electron chi connectivity index (χ0n) is 21.4. The van der Waals surface area contributed by atoms with E-state index in [1.807, 2.05) is 0 Å². The largest absolute Gasteiger partial charge is 0.489 e. The van der Waals surface area contributed by atoms with Crippen molar-refractivity contribution in [2.24, 2.45) is 0 Å². The van der Waals surface area contributed by atoms with Crippen LogP contribution in [0.4, 0.5) is 22.0 Å². The Morgan fingerprint density at radius 1 is 1.00 bits per heavy atom. The van der Waals surface area contributed by atoms with E-state index >= 15 is 0 Å². The van der Waals surface area contributed by atoms with Gasteiger partial charge in [-0.2, -0.15) is 13.2 Å². The van der Waals surface area contributed by atoms with Crippen LogP contribution in [0.1, 0.15) is 35.3 Å². The molecule has 5 aromatic rings. The van der Waals surface area contributed by atoms with Crippen molar-refractivity contribution in [3.05, 3.63) is 113 Å². The van der Waals surface area contributed by atoms with Crippen molar-refractivity contribution < 1.29 is 36.3 Å². The lowest BCUT2D eigenvalue weighted by Gasteiger charge is -2.33. The summed E-state index contributed by atoms with van der Waals surface area (Å²) in [6, 6.07) is 16.0. The van der Waals surface area contributed by atoms with Gasteiger partial charge >= 0.3 is 6.18 Å². The molecule has 0 aliphatic heterocycles. The predicted octanol–water partition coefficient (Wildman–Crippen LogP) is 5.90. The van der Waals surface area contributed by atoms with Crippen molar-refractivity contribution >= 4 is 0 Å². The molecule has 1 N–H and O–H groups in total. The molecule has 2 heterocycles. The minimum absolute atomic E-state index is 0.0608. The molecular weight excluding hydrogens is 549 g/mol. The number of benzene rings is 3. The first-order valence-electron chi connectivity index (χ1n) is 12.3. The van der Waals surface area contributed by atoms with E-state index in [1.54, 1.807) is 43.3 Å². The predicted molar refractivity (Wildman–Crippen MR) is 134 cm³/mol. The molecule has 8 nitrogen and oxygen atoms in total. The summed E-state index contributed by atoms with van der Waals surface area (Å²) >= 11 is 0. The number of aliphatic hydroxyl groups is 1. The standard InChI is InChI=1S/C28H22F5N5O3/c1-17(27(39,15-38-16-34-36-37-38)23-10-7-21(29)12-24(23)30)26-13-25(35-41-26)19-5-8-22(9-6-19)40-14-18-3-2-4-20(11-18)28(31,32)33/h2-13,16-17,39H,14-15H2,1H3/t17-,27+/m0/s1. The highest BCUT2D eigenvalue weighted by atomic mass is 19.4. The fourth-order valence-electron chi connectivity index (χ4n) is 4.39. The zero-order valence-corrected chi connectivity index (χ0v) is 21.4. The molecule has 0 bridgehead atoms. The highest BCUT2D eigenvalue weighted by Crippen LogP contribution is 2.40. The molecule has 0 radical (unpaired) electrons. The second-order valence-electron chi connectivity index (χ2n) is 9.40. The van der Waals surface area contributed by atoms with Crippen LogP contribution in [0.5, 0.6) is 5.75 Å². The van der Waals surface area contributed by atoms with E-state index in [1.165, 1.54) is 17.1 Å². The number of hydrogen-bond acceptors (Lipinski definition) is 7. The average molecular weight is 572 g/mol. The van der Waals surface area contributed by atoms with Gasteiger partial charge in [-0.3, -0.25) is 0 Å². The summed E-state index contributed by atoms with van der Waals surface area (Å²) in [5.41, 5.74) is -1.49. The Balaban J connectivity index is 1.34. The summed E-state index contributed by atoms with van der Waals surface area (Å²) in [7, 11) is 0. The Labute approximate surface area is 230 Å². The van der Waals surface area contributed by atoms with Gasteiger partial charge < -0.3 is 14.4 Å². The van der Waals surface area contributed by atoms with Gasteiger partial charge in [0.05, 0.1) is 18.0 Å². The Morgan fingerprint density at radius 2 is 1.78 bits per heavy atom. The van der Waals surface area contributed by atoms with Gasteiger partial charge in [-0.1, -0.05) is 30.3 Å². The van der Waals surface area contributed by atoms with Crippen molar-refractivity contribution in [3.8, 4) is 17.0 Å². The number of ether oxygens (including phenoxy) is 1. The normalized spacial score (nSPS) is 14.0. The molecule has 212 valence electrons. The molecular formula is C28H22F5N5O3. The highest BCUT2D eigenvalue weighted by Gasteiger charge is 2.42. The maximum absolute atomic E-state index is 14.8. The van der Waals surface area contributed by atoms with Crippen molar-refractivity contribution in [2.75, 3.05) is 0 Å². The molecule has 0 unspecified atom stereocenters. The maximum Gasteiger partial charge on any atom is 0.416 e. The van der Waals surface area contributed by atoms with E-state index in [2.05, 4.69) is 20.7 Å². The molecule has 5 rings (SSSR count). The first kappa shape index (κ1) is 27.9. The lowest BCUT2D eigenvalue weighted by Crippen LogP contribution is -2.38. The smallest absolute Gasteiger partial charge is 0.416 e. The van der Waals surface area contributed by atoms with Gasteiger partial charge in [0.25, 0.3) is 0 Å². The Bertz CT molecular complexity index is 1620. The number of hydrogen-bond donors (Lipinski definition) is 1.